The van der Waals surface area contributed by atoms with Gasteiger partial charge in [0.1, 0.15) is 11.5 Å². The highest BCUT2D eigenvalue weighted by molar-refractivity contribution is 5.87. The minimum absolute atomic E-state index is 0.0410. The minimum atomic E-state index is -0.0410. The number of rotatable bonds is 2. The van der Waals surface area contributed by atoms with E-state index in [1.165, 1.54) is 17.5 Å². The number of aryl methyl sites for hydroxylation is 1. The average molecular weight is 347 g/mol. The van der Waals surface area contributed by atoms with Crippen LogP contribution in [0.3, 0.4) is 0 Å². The maximum Gasteiger partial charge on any atom is 0.219 e. The number of pyridine rings is 1. The van der Waals surface area contributed by atoms with Gasteiger partial charge >= 0.3 is 0 Å². The van der Waals surface area contributed by atoms with E-state index in [0.29, 0.717) is 29.4 Å². The van der Waals surface area contributed by atoms with Gasteiger partial charge in [-0.2, -0.15) is 0 Å². The van der Waals surface area contributed by atoms with E-state index in [1.807, 2.05) is 18.2 Å². The van der Waals surface area contributed by atoms with E-state index in [1.54, 1.807) is 6.20 Å². The van der Waals surface area contributed by atoms with Crippen LogP contribution in [0.5, 0.6) is 11.6 Å². The molecule has 134 valence electrons. The van der Waals surface area contributed by atoms with Crippen molar-refractivity contribution in [2.45, 2.75) is 51.4 Å². The van der Waals surface area contributed by atoms with Crippen LogP contribution in [0.4, 0.5) is 0 Å². The van der Waals surface area contributed by atoms with E-state index in [-0.39, 0.29) is 5.41 Å². The summed E-state index contributed by atoms with van der Waals surface area (Å²) in [6.45, 7) is 2.24. The van der Waals surface area contributed by atoms with Crippen LogP contribution in [0.15, 0.2) is 42.6 Å². The molecule has 2 fully saturated rings. The second-order valence-corrected chi connectivity index (χ2v) is 8.46. The number of Topliss-reactive ketones (excluding diaryl/α,β-unsaturated/α-hetero) is 1. The predicted octanol–water partition coefficient (Wildman–Crippen LogP) is 5.30. The Bertz CT molecular complexity index is 847. The summed E-state index contributed by atoms with van der Waals surface area (Å²) in [6.07, 6.45) is 8.16. The molecule has 3 heteroatoms. The summed E-state index contributed by atoms with van der Waals surface area (Å²) in [4.78, 5) is 16.7. The van der Waals surface area contributed by atoms with Crippen molar-refractivity contribution in [3.8, 4) is 11.6 Å². The van der Waals surface area contributed by atoms with Crippen molar-refractivity contribution in [3.63, 3.8) is 0 Å². The second-order valence-electron chi connectivity index (χ2n) is 8.46. The molecule has 2 aromatic rings. The zero-order valence-electron chi connectivity index (χ0n) is 15.3. The highest BCUT2D eigenvalue weighted by Gasteiger charge is 2.54. The molecule has 0 amide bonds. The molecule has 5 rings (SSSR count). The van der Waals surface area contributed by atoms with Crippen molar-refractivity contribution in [1.29, 1.82) is 0 Å². The molecule has 1 heterocycles. The number of fused-ring (bicyclic) bond motifs is 5. The Hall–Kier alpha value is -2.16. The van der Waals surface area contributed by atoms with E-state index in [9.17, 15) is 4.79 Å². The van der Waals surface area contributed by atoms with Gasteiger partial charge in [0.2, 0.25) is 5.88 Å². The van der Waals surface area contributed by atoms with Crippen LogP contribution in [-0.2, 0) is 11.2 Å². The number of benzene rings is 1. The number of carbonyl (C=O) groups is 1. The lowest BCUT2D eigenvalue weighted by Crippen LogP contribution is -2.42. The molecule has 2 saturated carbocycles. The van der Waals surface area contributed by atoms with Crippen molar-refractivity contribution in [2.24, 2.45) is 17.3 Å². The van der Waals surface area contributed by atoms with Crippen LogP contribution in [0.2, 0.25) is 0 Å². The molecular weight excluding hydrogens is 322 g/mol. The molecule has 26 heavy (non-hydrogen) atoms. The van der Waals surface area contributed by atoms with E-state index >= 15 is 0 Å². The van der Waals surface area contributed by atoms with Crippen molar-refractivity contribution in [2.75, 3.05) is 0 Å². The Morgan fingerprint density at radius 2 is 2.04 bits per heavy atom. The van der Waals surface area contributed by atoms with Gasteiger partial charge in [-0.15, -0.1) is 0 Å². The first kappa shape index (κ1) is 16.0. The Balaban J connectivity index is 1.42. The molecule has 0 N–H and O–H groups in total. The first-order valence-electron chi connectivity index (χ1n) is 9.90. The maximum atomic E-state index is 12.4. The zero-order chi connectivity index (χ0) is 17.7. The first-order chi connectivity index (χ1) is 12.6. The summed E-state index contributed by atoms with van der Waals surface area (Å²) in [5.74, 6) is 3.91. The summed E-state index contributed by atoms with van der Waals surface area (Å²) in [5.41, 5.74) is 2.88. The molecule has 1 aromatic carbocycles. The molecule has 0 spiro atoms. The van der Waals surface area contributed by atoms with E-state index in [4.69, 9.17) is 4.74 Å². The van der Waals surface area contributed by atoms with Gasteiger partial charge in [-0.3, -0.25) is 4.79 Å². The van der Waals surface area contributed by atoms with Gasteiger partial charge in [0.25, 0.3) is 0 Å². The van der Waals surface area contributed by atoms with Crippen LogP contribution >= 0.6 is 0 Å². The summed E-state index contributed by atoms with van der Waals surface area (Å²) in [6, 6.07) is 12.3. The van der Waals surface area contributed by atoms with Crippen LogP contribution < -0.4 is 4.74 Å². The first-order valence-corrected chi connectivity index (χ1v) is 9.90. The third kappa shape index (κ3) is 2.40. The third-order valence-corrected chi connectivity index (χ3v) is 7.27. The Kier molecular flexibility index (Phi) is 3.66. The number of ketones is 1. The molecule has 0 unspecified atom stereocenters. The lowest BCUT2D eigenvalue weighted by atomic mass is 9.55. The van der Waals surface area contributed by atoms with Crippen LogP contribution in [-0.4, -0.2) is 10.8 Å². The summed E-state index contributed by atoms with van der Waals surface area (Å²) >= 11 is 0. The lowest BCUT2D eigenvalue weighted by molar-refractivity contribution is -0.129. The van der Waals surface area contributed by atoms with Crippen LogP contribution in [0, 0.1) is 17.3 Å². The zero-order valence-corrected chi connectivity index (χ0v) is 15.3. The topological polar surface area (TPSA) is 39.2 Å². The standard InChI is InChI=1S/C23H25NO2/c1-23-12-11-18-17-8-6-16(26-22-4-2-3-13-24-22)14-15(17)5-7-19(18)20(23)9-10-21(23)25/h2-4,6,8,13-14,18-20H,5,7,9-12H2,1H3/t18-,19-,20+,23+/m1/s1. The van der Waals surface area contributed by atoms with Crippen LogP contribution in [0.25, 0.3) is 0 Å². The SMILES string of the molecule is C[C@]12CC[C@@H]3c4ccc(Oc5ccccn5)cc4CC[C@H]3[C@@H]1CCC2=O. The second kappa shape index (κ2) is 5.94. The monoisotopic (exact) mass is 347 g/mol. The van der Waals surface area contributed by atoms with Crippen molar-refractivity contribution < 1.29 is 9.53 Å². The molecule has 4 atom stereocenters. The molecule has 1 aromatic heterocycles. The largest absolute Gasteiger partial charge is 0.439 e. The fraction of sp³-hybridized carbons (Fsp3) is 0.478. The smallest absolute Gasteiger partial charge is 0.219 e. The number of nitrogens with zero attached hydrogens (tertiary/aromatic N) is 1. The molecule has 3 aliphatic carbocycles. The van der Waals surface area contributed by atoms with Gasteiger partial charge in [-0.25, -0.2) is 4.98 Å². The van der Waals surface area contributed by atoms with Gasteiger partial charge in [-0.05, 0) is 79.2 Å². The van der Waals surface area contributed by atoms with Gasteiger partial charge < -0.3 is 4.74 Å². The van der Waals surface area contributed by atoms with E-state index in [0.717, 1.165) is 37.9 Å². The Morgan fingerprint density at radius 3 is 2.88 bits per heavy atom. The fourth-order valence-corrected chi connectivity index (χ4v) is 5.92. The molecule has 3 nitrogen and oxygen atoms in total. The highest BCUT2D eigenvalue weighted by Crippen LogP contribution is 2.59. The Morgan fingerprint density at radius 1 is 1.12 bits per heavy atom. The minimum Gasteiger partial charge on any atom is -0.439 e. The van der Waals surface area contributed by atoms with Crippen molar-refractivity contribution in [1.82, 2.24) is 4.98 Å². The molecular formula is C23H25NO2. The summed E-state index contributed by atoms with van der Waals surface area (Å²) < 4.78 is 5.92. The fourth-order valence-electron chi connectivity index (χ4n) is 5.92. The molecule has 0 aliphatic heterocycles. The number of hydrogen-bond acceptors (Lipinski definition) is 3. The van der Waals surface area contributed by atoms with Crippen molar-refractivity contribution in [3.05, 3.63) is 53.7 Å². The number of aromatic nitrogens is 1. The molecule has 0 radical (unpaired) electrons. The summed E-state index contributed by atoms with van der Waals surface area (Å²) in [7, 11) is 0. The number of hydrogen-bond donors (Lipinski definition) is 0. The number of ether oxygens (including phenoxy) is 1. The van der Waals surface area contributed by atoms with Crippen molar-refractivity contribution >= 4 is 5.78 Å². The quantitative estimate of drug-likeness (QED) is 0.740. The van der Waals surface area contributed by atoms with Crippen LogP contribution in [0.1, 0.15) is 56.1 Å². The normalized spacial score (nSPS) is 32.5. The lowest BCUT2D eigenvalue weighted by Gasteiger charge is -2.48. The third-order valence-electron chi connectivity index (χ3n) is 7.27. The maximum absolute atomic E-state index is 12.4. The van der Waals surface area contributed by atoms with E-state index < -0.39 is 0 Å². The van der Waals surface area contributed by atoms with Gasteiger partial charge in [0.05, 0.1) is 0 Å². The van der Waals surface area contributed by atoms with Gasteiger partial charge in [0, 0.05) is 24.1 Å². The summed E-state index contributed by atoms with van der Waals surface area (Å²) in [5, 5.41) is 0. The van der Waals surface area contributed by atoms with Gasteiger partial charge in [0.15, 0.2) is 0 Å². The van der Waals surface area contributed by atoms with E-state index in [2.05, 4.69) is 30.1 Å². The predicted molar refractivity (Wildman–Crippen MR) is 100 cm³/mol. The van der Waals surface area contributed by atoms with Gasteiger partial charge in [-0.1, -0.05) is 19.1 Å². The Labute approximate surface area is 154 Å². The average Bonchev–Trinajstić information content (AvgIpc) is 2.97. The molecule has 3 aliphatic rings. The molecule has 0 bridgehead atoms. The highest BCUT2D eigenvalue weighted by atomic mass is 16.5. The molecule has 0 saturated heterocycles. The number of carbonyl (C=O) groups excluding carboxylic acids is 1.